The van der Waals surface area contributed by atoms with Gasteiger partial charge in [-0.05, 0) is 57.5 Å². The molecular weight excluding hydrogens is 358 g/mol. The first-order chi connectivity index (χ1) is 12.0. The van der Waals surface area contributed by atoms with Crippen molar-refractivity contribution in [2.75, 3.05) is 18.5 Å². The molecule has 144 valence electrons. The van der Waals surface area contributed by atoms with Crippen LogP contribution in [-0.4, -0.2) is 43.0 Å². The monoisotopic (exact) mass is 383 g/mol. The molecule has 1 heterocycles. The van der Waals surface area contributed by atoms with Crippen molar-refractivity contribution in [3.05, 3.63) is 29.8 Å². The summed E-state index contributed by atoms with van der Waals surface area (Å²) >= 11 is 0. The topological polar surface area (TPSA) is 96.5 Å². The van der Waals surface area contributed by atoms with Crippen LogP contribution >= 0.6 is 12.4 Å². The molecule has 1 aliphatic rings. The van der Waals surface area contributed by atoms with Crippen LogP contribution in [0, 0.1) is 0 Å². The Bertz CT molecular complexity index is 615. The largest absolute Gasteiger partial charge is 0.464 e. The van der Waals surface area contributed by atoms with Crippen LogP contribution in [0.5, 0.6) is 0 Å². The molecule has 8 heteroatoms. The lowest BCUT2D eigenvalue weighted by Gasteiger charge is -2.22. The molecule has 2 rings (SSSR count). The number of carbonyl (C=O) groups is 3. The van der Waals surface area contributed by atoms with Gasteiger partial charge < -0.3 is 20.7 Å². The van der Waals surface area contributed by atoms with E-state index in [9.17, 15) is 14.4 Å². The fraction of sp³-hybridized carbons (Fsp3) is 0.500. The second-order valence-electron chi connectivity index (χ2n) is 6.02. The summed E-state index contributed by atoms with van der Waals surface area (Å²) < 4.78 is 4.85. The Morgan fingerprint density at radius 1 is 1.23 bits per heavy atom. The highest BCUT2D eigenvalue weighted by atomic mass is 35.5. The van der Waals surface area contributed by atoms with Crippen LogP contribution in [0.2, 0.25) is 0 Å². The first-order valence-corrected chi connectivity index (χ1v) is 8.63. The maximum atomic E-state index is 12.2. The van der Waals surface area contributed by atoms with Crippen molar-refractivity contribution < 1.29 is 19.1 Å². The van der Waals surface area contributed by atoms with Gasteiger partial charge >= 0.3 is 5.97 Å². The van der Waals surface area contributed by atoms with E-state index in [0.717, 1.165) is 25.8 Å². The third-order valence-corrected chi connectivity index (χ3v) is 4.03. The van der Waals surface area contributed by atoms with Crippen molar-refractivity contribution in [1.29, 1.82) is 0 Å². The van der Waals surface area contributed by atoms with E-state index in [4.69, 9.17) is 4.74 Å². The SMILES string of the molecule is CCOC(=O)C(C)NC(=O)c1ccc(NC(=O)C2CCCCN2)cc1.Cl. The summed E-state index contributed by atoms with van der Waals surface area (Å²) in [5, 5.41) is 8.62. The first-order valence-electron chi connectivity index (χ1n) is 8.63. The van der Waals surface area contributed by atoms with E-state index in [1.807, 2.05) is 0 Å². The lowest BCUT2D eigenvalue weighted by atomic mass is 10.0. The summed E-state index contributed by atoms with van der Waals surface area (Å²) in [4.78, 5) is 35.8. The maximum absolute atomic E-state index is 12.2. The van der Waals surface area contributed by atoms with Crippen LogP contribution in [0.3, 0.4) is 0 Å². The van der Waals surface area contributed by atoms with Gasteiger partial charge in [0.15, 0.2) is 0 Å². The summed E-state index contributed by atoms with van der Waals surface area (Å²) in [7, 11) is 0. The third kappa shape index (κ3) is 6.31. The minimum atomic E-state index is -0.718. The quantitative estimate of drug-likeness (QED) is 0.651. The molecule has 1 fully saturated rings. The minimum absolute atomic E-state index is 0. The molecule has 7 nitrogen and oxygen atoms in total. The summed E-state index contributed by atoms with van der Waals surface area (Å²) in [6, 6.07) is 5.68. The van der Waals surface area contributed by atoms with E-state index in [2.05, 4.69) is 16.0 Å². The number of halogens is 1. The molecule has 2 amide bonds. The maximum Gasteiger partial charge on any atom is 0.328 e. The predicted octanol–water partition coefficient (Wildman–Crippen LogP) is 1.87. The van der Waals surface area contributed by atoms with Gasteiger partial charge in [0.2, 0.25) is 5.91 Å². The second-order valence-corrected chi connectivity index (χ2v) is 6.02. The summed E-state index contributed by atoms with van der Waals surface area (Å²) in [6.45, 7) is 4.41. The third-order valence-electron chi connectivity index (χ3n) is 4.03. The van der Waals surface area contributed by atoms with E-state index in [-0.39, 0.29) is 36.9 Å². The lowest BCUT2D eigenvalue weighted by Crippen LogP contribution is -2.43. The number of hydrogen-bond acceptors (Lipinski definition) is 5. The fourth-order valence-electron chi connectivity index (χ4n) is 2.62. The number of amides is 2. The Kier molecular flexibility index (Phi) is 9.09. The zero-order valence-electron chi connectivity index (χ0n) is 15.0. The molecule has 0 radical (unpaired) electrons. The highest BCUT2D eigenvalue weighted by Gasteiger charge is 2.21. The van der Waals surface area contributed by atoms with E-state index < -0.39 is 12.0 Å². The molecule has 0 saturated carbocycles. The first kappa shape index (κ1) is 21.9. The normalized spacial score (nSPS) is 17.4. The van der Waals surface area contributed by atoms with E-state index in [1.165, 1.54) is 0 Å². The number of carbonyl (C=O) groups excluding carboxylic acids is 3. The minimum Gasteiger partial charge on any atom is -0.464 e. The van der Waals surface area contributed by atoms with Crippen molar-refractivity contribution in [3.63, 3.8) is 0 Å². The molecule has 1 aliphatic heterocycles. The van der Waals surface area contributed by atoms with Gasteiger partial charge in [-0.25, -0.2) is 4.79 Å². The molecule has 1 aromatic carbocycles. The van der Waals surface area contributed by atoms with Crippen LogP contribution in [0.1, 0.15) is 43.5 Å². The lowest BCUT2D eigenvalue weighted by molar-refractivity contribution is -0.144. The fourth-order valence-corrected chi connectivity index (χ4v) is 2.62. The molecule has 1 saturated heterocycles. The Hall–Kier alpha value is -2.12. The van der Waals surface area contributed by atoms with Crippen LogP contribution in [0.15, 0.2) is 24.3 Å². The number of piperidine rings is 1. The van der Waals surface area contributed by atoms with Gasteiger partial charge in [0, 0.05) is 11.3 Å². The number of rotatable bonds is 6. The van der Waals surface area contributed by atoms with Gasteiger partial charge in [-0.3, -0.25) is 9.59 Å². The van der Waals surface area contributed by atoms with Gasteiger partial charge in [0.05, 0.1) is 12.6 Å². The zero-order valence-corrected chi connectivity index (χ0v) is 15.9. The number of esters is 1. The van der Waals surface area contributed by atoms with Gasteiger partial charge in [0.25, 0.3) is 5.91 Å². The molecule has 2 atom stereocenters. The highest BCUT2D eigenvalue weighted by molar-refractivity contribution is 5.98. The van der Waals surface area contributed by atoms with Crippen LogP contribution < -0.4 is 16.0 Å². The molecule has 0 spiro atoms. The Morgan fingerprint density at radius 3 is 2.50 bits per heavy atom. The van der Waals surface area contributed by atoms with Crippen molar-refractivity contribution in [2.45, 2.75) is 45.2 Å². The number of anilines is 1. The van der Waals surface area contributed by atoms with Crippen LogP contribution in [0.25, 0.3) is 0 Å². The average molecular weight is 384 g/mol. The molecule has 0 aromatic heterocycles. The molecule has 26 heavy (non-hydrogen) atoms. The number of benzene rings is 1. The molecular formula is C18H26ClN3O4. The summed E-state index contributed by atoms with van der Waals surface area (Å²) in [6.07, 6.45) is 2.97. The summed E-state index contributed by atoms with van der Waals surface area (Å²) in [5.74, 6) is -0.903. The second kappa shape index (κ2) is 10.8. The number of hydrogen-bond donors (Lipinski definition) is 3. The van der Waals surface area contributed by atoms with Crippen LogP contribution in [0.4, 0.5) is 5.69 Å². The van der Waals surface area contributed by atoms with Gasteiger partial charge in [-0.15, -0.1) is 12.4 Å². The van der Waals surface area contributed by atoms with Gasteiger partial charge in [-0.1, -0.05) is 6.42 Å². The molecule has 2 unspecified atom stereocenters. The standard InChI is InChI=1S/C18H25N3O4.ClH/c1-3-25-18(24)12(2)20-16(22)13-7-9-14(10-8-13)21-17(23)15-6-4-5-11-19-15;/h7-10,12,15,19H,3-6,11H2,1-2H3,(H,20,22)(H,21,23);1H. The Balaban J connectivity index is 0.00000338. The van der Waals surface area contributed by atoms with Crippen molar-refractivity contribution in [2.24, 2.45) is 0 Å². The van der Waals surface area contributed by atoms with E-state index >= 15 is 0 Å². The predicted molar refractivity (Wildman–Crippen MR) is 102 cm³/mol. The highest BCUT2D eigenvalue weighted by Crippen LogP contribution is 2.13. The Labute approximate surface area is 159 Å². The van der Waals surface area contributed by atoms with Gasteiger partial charge in [0.1, 0.15) is 6.04 Å². The molecule has 1 aromatic rings. The van der Waals surface area contributed by atoms with Crippen LogP contribution in [-0.2, 0) is 14.3 Å². The molecule has 0 bridgehead atoms. The average Bonchev–Trinajstić information content (AvgIpc) is 2.63. The molecule has 0 aliphatic carbocycles. The molecule has 3 N–H and O–H groups in total. The van der Waals surface area contributed by atoms with E-state index in [0.29, 0.717) is 11.3 Å². The van der Waals surface area contributed by atoms with E-state index in [1.54, 1.807) is 38.1 Å². The van der Waals surface area contributed by atoms with Crippen molar-refractivity contribution >= 4 is 35.9 Å². The van der Waals surface area contributed by atoms with Crippen molar-refractivity contribution in [1.82, 2.24) is 10.6 Å². The number of ether oxygens (including phenoxy) is 1. The smallest absolute Gasteiger partial charge is 0.328 e. The van der Waals surface area contributed by atoms with Gasteiger partial charge in [-0.2, -0.15) is 0 Å². The van der Waals surface area contributed by atoms with Crippen molar-refractivity contribution in [3.8, 4) is 0 Å². The Morgan fingerprint density at radius 2 is 1.92 bits per heavy atom. The number of nitrogens with one attached hydrogen (secondary N) is 3. The summed E-state index contributed by atoms with van der Waals surface area (Å²) in [5.41, 5.74) is 1.04. The zero-order chi connectivity index (χ0) is 18.2.